The molecule has 0 saturated heterocycles. The largest absolute Gasteiger partial charge is 0.379 e. The molecular formula is C15H14N2S. The summed E-state index contributed by atoms with van der Waals surface area (Å²) < 4.78 is 0. The second-order valence-corrected chi connectivity index (χ2v) is 5.75. The molecule has 1 aliphatic carbocycles. The maximum Gasteiger partial charge on any atom is 0.101 e. The minimum Gasteiger partial charge on any atom is -0.379 e. The Morgan fingerprint density at radius 3 is 3.00 bits per heavy atom. The maximum absolute atomic E-state index is 9.02. The summed E-state index contributed by atoms with van der Waals surface area (Å²) in [5, 5.41) is 12.4. The van der Waals surface area contributed by atoms with Crippen LogP contribution in [0.5, 0.6) is 0 Å². The molecule has 18 heavy (non-hydrogen) atoms. The lowest BCUT2D eigenvalue weighted by atomic mass is 10.2. The van der Waals surface area contributed by atoms with Gasteiger partial charge in [0.15, 0.2) is 0 Å². The van der Waals surface area contributed by atoms with E-state index in [0.29, 0.717) is 5.56 Å². The summed E-state index contributed by atoms with van der Waals surface area (Å²) in [6.07, 6.45) is 3.79. The first-order chi connectivity index (χ1) is 8.86. The molecule has 0 amide bonds. The highest BCUT2D eigenvalue weighted by Crippen LogP contribution is 2.31. The lowest BCUT2D eigenvalue weighted by molar-refractivity contribution is 0.913. The van der Waals surface area contributed by atoms with E-state index in [-0.39, 0.29) is 0 Å². The number of nitriles is 1. The summed E-state index contributed by atoms with van der Waals surface area (Å²) in [5.74, 6) is 0. The van der Waals surface area contributed by atoms with Gasteiger partial charge < -0.3 is 5.32 Å². The van der Waals surface area contributed by atoms with Crippen LogP contribution in [0.3, 0.4) is 0 Å². The zero-order chi connectivity index (χ0) is 12.4. The van der Waals surface area contributed by atoms with E-state index < -0.39 is 0 Å². The highest BCUT2D eigenvalue weighted by atomic mass is 32.1. The lowest BCUT2D eigenvalue weighted by Crippen LogP contribution is -1.99. The highest BCUT2D eigenvalue weighted by molar-refractivity contribution is 7.12. The Hall–Kier alpha value is -1.79. The van der Waals surface area contributed by atoms with Gasteiger partial charge in [0, 0.05) is 16.3 Å². The summed E-state index contributed by atoms with van der Waals surface area (Å²) in [6, 6.07) is 12.2. The second-order valence-electron chi connectivity index (χ2n) is 4.53. The van der Waals surface area contributed by atoms with Gasteiger partial charge in [-0.2, -0.15) is 5.26 Å². The third-order valence-corrected chi connectivity index (χ3v) is 4.54. The van der Waals surface area contributed by atoms with Crippen LogP contribution in [0.15, 0.2) is 30.3 Å². The summed E-state index contributed by atoms with van der Waals surface area (Å²) in [5.41, 5.74) is 3.17. The lowest BCUT2D eigenvalue weighted by Gasteiger charge is -2.06. The number of anilines is 1. The fourth-order valence-electron chi connectivity index (χ4n) is 2.39. The predicted molar refractivity (Wildman–Crippen MR) is 74.8 cm³/mol. The van der Waals surface area contributed by atoms with Gasteiger partial charge in [-0.15, -0.1) is 11.3 Å². The number of rotatable bonds is 3. The topological polar surface area (TPSA) is 35.8 Å². The fourth-order valence-corrected chi connectivity index (χ4v) is 3.60. The molecule has 1 N–H and O–H groups in total. The van der Waals surface area contributed by atoms with Crippen LogP contribution < -0.4 is 5.32 Å². The number of para-hydroxylation sites is 1. The van der Waals surface area contributed by atoms with Gasteiger partial charge in [-0.1, -0.05) is 12.1 Å². The number of hydrogen-bond donors (Lipinski definition) is 1. The second kappa shape index (κ2) is 4.83. The van der Waals surface area contributed by atoms with Gasteiger partial charge in [-0.25, -0.2) is 0 Å². The molecular weight excluding hydrogens is 240 g/mol. The number of fused-ring (bicyclic) bond motifs is 1. The van der Waals surface area contributed by atoms with E-state index in [1.165, 1.54) is 29.7 Å². The SMILES string of the molecule is N#Cc1ccccc1NCc1cc2c(s1)CCC2. The van der Waals surface area contributed by atoms with E-state index in [1.807, 2.05) is 35.6 Å². The van der Waals surface area contributed by atoms with Gasteiger partial charge in [0.2, 0.25) is 0 Å². The van der Waals surface area contributed by atoms with Crippen molar-refractivity contribution in [3.8, 4) is 6.07 Å². The Bertz CT molecular complexity index is 586. The molecule has 2 aromatic rings. The molecule has 1 heterocycles. The Morgan fingerprint density at radius 2 is 2.17 bits per heavy atom. The molecule has 90 valence electrons. The predicted octanol–water partition coefficient (Wildman–Crippen LogP) is 3.72. The minimum atomic E-state index is 0.710. The third-order valence-electron chi connectivity index (χ3n) is 3.30. The van der Waals surface area contributed by atoms with Crippen LogP contribution in [0, 0.1) is 11.3 Å². The molecule has 0 saturated carbocycles. The van der Waals surface area contributed by atoms with Gasteiger partial charge in [0.05, 0.1) is 11.3 Å². The molecule has 1 aromatic carbocycles. The van der Waals surface area contributed by atoms with Crippen LogP contribution in [0.1, 0.15) is 27.3 Å². The van der Waals surface area contributed by atoms with Crippen molar-refractivity contribution >= 4 is 17.0 Å². The monoisotopic (exact) mass is 254 g/mol. The van der Waals surface area contributed by atoms with Crippen molar-refractivity contribution in [2.75, 3.05) is 5.32 Å². The zero-order valence-electron chi connectivity index (χ0n) is 10.1. The number of benzene rings is 1. The molecule has 0 spiro atoms. The van der Waals surface area contributed by atoms with E-state index in [1.54, 1.807) is 4.88 Å². The minimum absolute atomic E-state index is 0.710. The average molecular weight is 254 g/mol. The maximum atomic E-state index is 9.02. The van der Waals surface area contributed by atoms with Crippen molar-refractivity contribution < 1.29 is 0 Å². The molecule has 0 fully saturated rings. The number of aryl methyl sites for hydroxylation is 2. The van der Waals surface area contributed by atoms with E-state index >= 15 is 0 Å². The summed E-state index contributed by atoms with van der Waals surface area (Å²) >= 11 is 1.91. The Labute approximate surface area is 111 Å². The first-order valence-corrected chi connectivity index (χ1v) is 7.02. The van der Waals surface area contributed by atoms with Crippen LogP contribution in [0.2, 0.25) is 0 Å². The van der Waals surface area contributed by atoms with Gasteiger partial charge in [0.1, 0.15) is 6.07 Å². The molecule has 0 unspecified atom stereocenters. The smallest absolute Gasteiger partial charge is 0.101 e. The van der Waals surface area contributed by atoms with Crippen molar-refractivity contribution in [3.05, 3.63) is 51.2 Å². The molecule has 1 aromatic heterocycles. The quantitative estimate of drug-likeness (QED) is 0.906. The Balaban J connectivity index is 1.72. The third kappa shape index (κ3) is 2.12. The fraction of sp³-hybridized carbons (Fsp3) is 0.267. The van der Waals surface area contributed by atoms with Gasteiger partial charge in [-0.3, -0.25) is 0 Å². The van der Waals surface area contributed by atoms with Gasteiger partial charge in [-0.05, 0) is 43.0 Å². The van der Waals surface area contributed by atoms with E-state index in [9.17, 15) is 0 Å². The summed E-state index contributed by atoms with van der Waals surface area (Å²) in [6.45, 7) is 0.816. The van der Waals surface area contributed by atoms with Crippen LogP contribution in [-0.2, 0) is 19.4 Å². The van der Waals surface area contributed by atoms with E-state index in [2.05, 4.69) is 17.5 Å². The Morgan fingerprint density at radius 1 is 1.28 bits per heavy atom. The van der Waals surface area contributed by atoms with Gasteiger partial charge in [0.25, 0.3) is 0 Å². The molecule has 0 radical (unpaired) electrons. The normalized spacial score (nSPS) is 13.1. The molecule has 0 aliphatic heterocycles. The van der Waals surface area contributed by atoms with Crippen molar-refractivity contribution in [1.82, 2.24) is 0 Å². The standard InChI is InChI=1S/C15H14N2S/c16-9-12-4-1-2-6-14(12)17-10-13-8-11-5-3-7-15(11)18-13/h1-2,4,6,8,17H,3,5,7,10H2. The van der Waals surface area contributed by atoms with Crippen molar-refractivity contribution in [2.45, 2.75) is 25.8 Å². The van der Waals surface area contributed by atoms with Gasteiger partial charge >= 0.3 is 0 Å². The molecule has 1 aliphatic rings. The van der Waals surface area contributed by atoms with Crippen LogP contribution in [0.25, 0.3) is 0 Å². The van der Waals surface area contributed by atoms with E-state index in [4.69, 9.17) is 5.26 Å². The van der Waals surface area contributed by atoms with Crippen molar-refractivity contribution in [1.29, 1.82) is 5.26 Å². The first-order valence-electron chi connectivity index (χ1n) is 6.20. The number of nitrogens with one attached hydrogen (secondary N) is 1. The van der Waals surface area contributed by atoms with E-state index in [0.717, 1.165) is 12.2 Å². The Kier molecular flexibility index (Phi) is 3.04. The van der Waals surface area contributed by atoms with Crippen LogP contribution >= 0.6 is 11.3 Å². The number of hydrogen-bond acceptors (Lipinski definition) is 3. The van der Waals surface area contributed by atoms with Crippen LogP contribution in [-0.4, -0.2) is 0 Å². The number of nitrogens with zero attached hydrogens (tertiary/aromatic N) is 1. The number of thiophene rings is 1. The molecule has 0 bridgehead atoms. The van der Waals surface area contributed by atoms with Crippen molar-refractivity contribution in [2.24, 2.45) is 0 Å². The molecule has 3 heteroatoms. The molecule has 2 nitrogen and oxygen atoms in total. The zero-order valence-corrected chi connectivity index (χ0v) is 10.9. The summed E-state index contributed by atoms with van der Waals surface area (Å²) in [7, 11) is 0. The van der Waals surface area contributed by atoms with Crippen LogP contribution in [0.4, 0.5) is 5.69 Å². The first kappa shape index (κ1) is 11.3. The average Bonchev–Trinajstić information content (AvgIpc) is 2.97. The highest BCUT2D eigenvalue weighted by Gasteiger charge is 2.14. The van der Waals surface area contributed by atoms with Crippen molar-refractivity contribution in [3.63, 3.8) is 0 Å². The molecule has 0 atom stereocenters. The molecule has 3 rings (SSSR count). The summed E-state index contributed by atoms with van der Waals surface area (Å²) in [4.78, 5) is 2.92.